The van der Waals surface area contributed by atoms with Crippen molar-refractivity contribution in [2.45, 2.75) is 31.6 Å². The molecule has 1 aromatic heterocycles. The molecule has 1 aliphatic rings. The minimum atomic E-state index is -0.630. The molecule has 0 spiro atoms. The van der Waals surface area contributed by atoms with Crippen LogP contribution in [0.2, 0.25) is 0 Å². The Morgan fingerprint density at radius 3 is 2.94 bits per heavy atom. The minimum Gasteiger partial charge on any atom is -0.298 e. The standard InChI is InChI=1S/C13H14N2O/c14-8-12(11-5-2-6-15-9-11)13(16)7-10-3-1-4-10/h2,5-6,9-10,12H,1,3-4,7H2. The van der Waals surface area contributed by atoms with E-state index in [0.717, 1.165) is 12.8 Å². The van der Waals surface area contributed by atoms with Gasteiger partial charge in [0.05, 0.1) is 6.07 Å². The van der Waals surface area contributed by atoms with Gasteiger partial charge in [-0.3, -0.25) is 9.78 Å². The molecule has 0 amide bonds. The third kappa shape index (κ3) is 2.27. The molecule has 0 bridgehead atoms. The third-order valence-corrected chi connectivity index (χ3v) is 3.18. The van der Waals surface area contributed by atoms with E-state index >= 15 is 0 Å². The Hall–Kier alpha value is -1.69. The average Bonchev–Trinajstić information content (AvgIpc) is 2.26. The average molecular weight is 214 g/mol. The van der Waals surface area contributed by atoms with Crippen LogP contribution in [0.4, 0.5) is 0 Å². The van der Waals surface area contributed by atoms with Crippen molar-refractivity contribution in [3.8, 4) is 6.07 Å². The smallest absolute Gasteiger partial charge is 0.154 e. The van der Waals surface area contributed by atoms with E-state index in [4.69, 9.17) is 5.26 Å². The molecule has 3 heteroatoms. The topological polar surface area (TPSA) is 53.8 Å². The van der Waals surface area contributed by atoms with Gasteiger partial charge in [0.25, 0.3) is 0 Å². The van der Waals surface area contributed by atoms with Crippen molar-refractivity contribution >= 4 is 5.78 Å². The Balaban J connectivity index is 2.05. The predicted octanol–water partition coefficient (Wildman–Crippen LogP) is 2.45. The summed E-state index contributed by atoms with van der Waals surface area (Å²) in [6, 6.07) is 5.63. The summed E-state index contributed by atoms with van der Waals surface area (Å²) in [6.45, 7) is 0. The van der Waals surface area contributed by atoms with Crippen LogP contribution in [0.25, 0.3) is 0 Å². The number of Topliss-reactive ketones (excluding diaryl/α,β-unsaturated/α-hetero) is 1. The second-order valence-corrected chi connectivity index (χ2v) is 4.32. The van der Waals surface area contributed by atoms with Gasteiger partial charge in [0.2, 0.25) is 0 Å². The minimum absolute atomic E-state index is 0.0419. The van der Waals surface area contributed by atoms with Crippen LogP contribution >= 0.6 is 0 Å². The van der Waals surface area contributed by atoms with E-state index in [-0.39, 0.29) is 5.78 Å². The Bertz CT molecular complexity index is 404. The molecule has 1 aromatic rings. The number of ketones is 1. The molecule has 0 saturated heterocycles. The van der Waals surface area contributed by atoms with Gasteiger partial charge in [-0.15, -0.1) is 0 Å². The first kappa shape index (κ1) is 10.8. The van der Waals surface area contributed by atoms with E-state index in [1.807, 2.05) is 0 Å². The summed E-state index contributed by atoms with van der Waals surface area (Å²) >= 11 is 0. The molecular formula is C13H14N2O. The monoisotopic (exact) mass is 214 g/mol. The first-order valence-electron chi connectivity index (χ1n) is 5.63. The van der Waals surface area contributed by atoms with Gasteiger partial charge in [-0.1, -0.05) is 25.3 Å². The second kappa shape index (κ2) is 4.89. The van der Waals surface area contributed by atoms with E-state index in [2.05, 4.69) is 11.1 Å². The van der Waals surface area contributed by atoms with Crippen LogP contribution in [0.1, 0.15) is 37.2 Å². The Morgan fingerprint density at radius 2 is 2.44 bits per heavy atom. The molecule has 1 atom stereocenters. The van der Waals surface area contributed by atoms with Gasteiger partial charge in [0.1, 0.15) is 5.92 Å². The van der Waals surface area contributed by atoms with Crippen molar-refractivity contribution in [2.24, 2.45) is 5.92 Å². The van der Waals surface area contributed by atoms with Crippen molar-refractivity contribution in [3.63, 3.8) is 0 Å². The molecule has 0 radical (unpaired) electrons. The molecule has 0 aliphatic heterocycles. The van der Waals surface area contributed by atoms with Crippen molar-refractivity contribution in [1.29, 1.82) is 5.26 Å². The summed E-state index contributed by atoms with van der Waals surface area (Å²) in [5, 5.41) is 9.05. The van der Waals surface area contributed by atoms with Crippen LogP contribution in [0, 0.1) is 17.2 Å². The molecule has 3 nitrogen and oxygen atoms in total. The number of pyridine rings is 1. The number of nitrogens with zero attached hydrogens (tertiary/aromatic N) is 2. The lowest BCUT2D eigenvalue weighted by molar-refractivity contribution is -0.120. The number of rotatable bonds is 4. The van der Waals surface area contributed by atoms with Gasteiger partial charge in [-0.25, -0.2) is 0 Å². The molecule has 16 heavy (non-hydrogen) atoms. The highest BCUT2D eigenvalue weighted by molar-refractivity contribution is 5.88. The summed E-state index contributed by atoms with van der Waals surface area (Å²) in [5.74, 6) is -0.0745. The van der Waals surface area contributed by atoms with Crippen molar-refractivity contribution in [3.05, 3.63) is 30.1 Å². The van der Waals surface area contributed by atoms with E-state index in [9.17, 15) is 4.79 Å². The van der Waals surface area contributed by atoms with Gasteiger partial charge >= 0.3 is 0 Å². The zero-order valence-corrected chi connectivity index (χ0v) is 9.10. The van der Waals surface area contributed by atoms with Crippen molar-refractivity contribution < 1.29 is 4.79 Å². The van der Waals surface area contributed by atoms with Crippen LogP contribution in [-0.2, 0) is 4.79 Å². The molecule has 2 rings (SSSR count). The summed E-state index contributed by atoms with van der Waals surface area (Å²) < 4.78 is 0. The van der Waals surface area contributed by atoms with E-state index in [0.29, 0.717) is 17.9 Å². The summed E-state index contributed by atoms with van der Waals surface area (Å²) in [5.41, 5.74) is 0.717. The lowest BCUT2D eigenvalue weighted by Gasteiger charge is -2.25. The van der Waals surface area contributed by atoms with Crippen LogP contribution in [0.5, 0.6) is 0 Å². The molecule has 0 N–H and O–H groups in total. The lowest BCUT2D eigenvalue weighted by Crippen LogP contribution is -2.20. The maximum atomic E-state index is 11.9. The first-order valence-corrected chi connectivity index (χ1v) is 5.63. The maximum absolute atomic E-state index is 11.9. The van der Waals surface area contributed by atoms with Gasteiger partial charge in [0, 0.05) is 18.8 Å². The molecule has 1 aliphatic carbocycles. The number of carbonyl (C=O) groups excluding carboxylic acids is 1. The van der Waals surface area contributed by atoms with Crippen LogP contribution < -0.4 is 0 Å². The van der Waals surface area contributed by atoms with Crippen LogP contribution in [0.15, 0.2) is 24.5 Å². The normalized spacial score (nSPS) is 17.2. The molecule has 1 fully saturated rings. The van der Waals surface area contributed by atoms with Crippen molar-refractivity contribution in [1.82, 2.24) is 4.98 Å². The molecule has 1 heterocycles. The van der Waals surface area contributed by atoms with Gasteiger partial charge in [0.15, 0.2) is 5.78 Å². The predicted molar refractivity (Wildman–Crippen MR) is 59.6 cm³/mol. The summed E-state index contributed by atoms with van der Waals surface area (Å²) in [6.07, 6.45) is 7.30. The molecule has 82 valence electrons. The van der Waals surface area contributed by atoms with Crippen LogP contribution in [0.3, 0.4) is 0 Å². The lowest BCUT2D eigenvalue weighted by atomic mass is 9.79. The largest absolute Gasteiger partial charge is 0.298 e. The number of hydrogen-bond acceptors (Lipinski definition) is 3. The van der Waals surface area contributed by atoms with E-state index in [1.54, 1.807) is 24.5 Å². The van der Waals surface area contributed by atoms with E-state index in [1.165, 1.54) is 6.42 Å². The Morgan fingerprint density at radius 1 is 1.62 bits per heavy atom. The highest BCUT2D eigenvalue weighted by atomic mass is 16.1. The highest BCUT2D eigenvalue weighted by Gasteiger charge is 2.26. The second-order valence-electron chi connectivity index (χ2n) is 4.32. The third-order valence-electron chi connectivity index (χ3n) is 3.18. The maximum Gasteiger partial charge on any atom is 0.154 e. The van der Waals surface area contributed by atoms with Crippen LogP contribution in [-0.4, -0.2) is 10.8 Å². The quantitative estimate of drug-likeness (QED) is 0.773. The van der Waals surface area contributed by atoms with E-state index < -0.39 is 5.92 Å². The fourth-order valence-corrected chi connectivity index (χ4v) is 1.98. The molecular weight excluding hydrogens is 200 g/mol. The molecule has 1 unspecified atom stereocenters. The van der Waals surface area contributed by atoms with Gasteiger partial charge in [-0.05, 0) is 17.5 Å². The zero-order chi connectivity index (χ0) is 11.4. The van der Waals surface area contributed by atoms with Gasteiger partial charge in [-0.2, -0.15) is 5.26 Å². The number of hydrogen-bond donors (Lipinski definition) is 0. The Labute approximate surface area is 95.1 Å². The van der Waals surface area contributed by atoms with Gasteiger partial charge < -0.3 is 0 Å². The molecule has 0 aromatic carbocycles. The zero-order valence-electron chi connectivity index (χ0n) is 9.10. The SMILES string of the molecule is N#CC(C(=O)CC1CCC1)c1cccnc1. The fourth-order valence-electron chi connectivity index (χ4n) is 1.98. The Kier molecular flexibility index (Phi) is 3.31. The fraction of sp³-hybridized carbons (Fsp3) is 0.462. The summed E-state index contributed by atoms with van der Waals surface area (Å²) in [4.78, 5) is 15.9. The van der Waals surface area contributed by atoms with Crippen molar-refractivity contribution in [2.75, 3.05) is 0 Å². The number of carbonyl (C=O) groups is 1. The number of nitriles is 1. The molecule has 1 saturated carbocycles. The highest BCUT2D eigenvalue weighted by Crippen LogP contribution is 2.31. The number of aromatic nitrogens is 1. The first-order chi connectivity index (χ1) is 7.81. The summed E-state index contributed by atoms with van der Waals surface area (Å²) in [7, 11) is 0.